The molecule has 0 bridgehead atoms. The second kappa shape index (κ2) is 6.31. The van der Waals surface area contributed by atoms with Crippen LogP contribution in [0.4, 0.5) is 5.69 Å². The first-order valence-electron chi connectivity index (χ1n) is 7.36. The van der Waals surface area contributed by atoms with Crippen molar-refractivity contribution in [2.75, 3.05) is 4.90 Å². The molecule has 0 aliphatic carbocycles. The number of hydrogen-bond acceptors (Lipinski definition) is 3. The number of thioether (sulfide) groups is 1. The fraction of sp³-hybridized carbons (Fsp3) is 0.158. The highest BCUT2D eigenvalue weighted by molar-refractivity contribution is 8.00. The third-order valence-electron chi connectivity index (χ3n) is 3.85. The van der Waals surface area contributed by atoms with Gasteiger partial charge in [0.2, 0.25) is 5.91 Å². The zero-order valence-electron chi connectivity index (χ0n) is 12.8. The Morgan fingerprint density at radius 1 is 1.30 bits per heavy atom. The Morgan fingerprint density at radius 2 is 2.04 bits per heavy atom. The first-order valence-corrected chi connectivity index (χ1v) is 8.24. The van der Waals surface area contributed by atoms with Crippen LogP contribution in [-0.2, 0) is 11.3 Å². The van der Waals surface area contributed by atoms with Gasteiger partial charge in [-0.3, -0.25) is 4.79 Å². The lowest BCUT2D eigenvalue weighted by molar-refractivity contribution is -0.118. The van der Waals surface area contributed by atoms with Crippen LogP contribution in [0.25, 0.3) is 6.08 Å². The first-order chi connectivity index (χ1) is 11.1. The van der Waals surface area contributed by atoms with Crippen LogP contribution in [0.1, 0.15) is 23.6 Å². The molecular weight excluding hydrogens is 304 g/mol. The van der Waals surface area contributed by atoms with Crippen molar-refractivity contribution in [2.24, 2.45) is 0 Å². The van der Waals surface area contributed by atoms with E-state index in [0.29, 0.717) is 12.1 Å². The van der Waals surface area contributed by atoms with Gasteiger partial charge in [-0.1, -0.05) is 36.9 Å². The van der Waals surface area contributed by atoms with E-state index in [1.807, 2.05) is 37.3 Å². The van der Waals surface area contributed by atoms with Gasteiger partial charge >= 0.3 is 0 Å². The van der Waals surface area contributed by atoms with Gasteiger partial charge < -0.3 is 4.90 Å². The molecule has 0 saturated carbocycles. The van der Waals surface area contributed by atoms with Crippen molar-refractivity contribution >= 4 is 29.4 Å². The van der Waals surface area contributed by atoms with Crippen LogP contribution < -0.4 is 4.90 Å². The molecule has 0 fully saturated rings. The molecule has 1 atom stereocenters. The summed E-state index contributed by atoms with van der Waals surface area (Å²) in [7, 11) is 0. The fourth-order valence-corrected chi connectivity index (χ4v) is 3.63. The number of benzene rings is 2. The van der Waals surface area contributed by atoms with Crippen molar-refractivity contribution in [3.05, 3.63) is 65.7 Å². The molecule has 3 rings (SSSR count). The summed E-state index contributed by atoms with van der Waals surface area (Å²) in [6.45, 7) is 6.17. The molecule has 23 heavy (non-hydrogen) atoms. The van der Waals surface area contributed by atoms with Crippen molar-refractivity contribution in [1.29, 1.82) is 5.26 Å². The molecule has 0 N–H and O–H groups in total. The normalized spacial score (nSPS) is 16.6. The SMILES string of the molecule is C=Cc1ccc(CN2C(=O)C(C)Sc3ccc(C#N)cc32)cc1. The summed E-state index contributed by atoms with van der Waals surface area (Å²) in [5.74, 6) is 0.0744. The number of anilines is 1. The number of carbonyl (C=O) groups is 1. The number of rotatable bonds is 3. The molecule has 3 nitrogen and oxygen atoms in total. The largest absolute Gasteiger partial charge is 0.306 e. The lowest BCUT2D eigenvalue weighted by Crippen LogP contribution is -2.39. The van der Waals surface area contributed by atoms with Crippen molar-refractivity contribution in [1.82, 2.24) is 0 Å². The van der Waals surface area contributed by atoms with Gasteiger partial charge in [0, 0.05) is 4.90 Å². The molecule has 1 aliphatic heterocycles. The molecule has 4 heteroatoms. The van der Waals surface area contributed by atoms with Crippen LogP contribution in [0.2, 0.25) is 0 Å². The average molecular weight is 320 g/mol. The van der Waals surface area contributed by atoms with E-state index in [1.54, 1.807) is 34.9 Å². The van der Waals surface area contributed by atoms with Crippen molar-refractivity contribution in [2.45, 2.75) is 23.6 Å². The van der Waals surface area contributed by atoms with Crippen LogP contribution in [0, 0.1) is 11.3 Å². The molecule has 1 aliphatic rings. The summed E-state index contributed by atoms with van der Waals surface area (Å²) in [6.07, 6.45) is 1.79. The third-order valence-corrected chi connectivity index (χ3v) is 5.01. The number of nitrogens with zero attached hydrogens (tertiary/aromatic N) is 2. The highest BCUT2D eigenvalue weighted by Gasteiger charge is 2.30. The van der Waals surface area contributed by atoms with Crippen LogP contribution in [-0.4, -0.2) is 11.2 Å². The van der Waals surface area contributed by atoms with Crippen LogP contribution in [0.3, 0.4) is 0 Å². The lowest BCUT2D eigenvalue weighted by atomic mass is 10.1. The van der Waals surface area contributed by atoms with Crippen LogP contribution in [0.5, 0.6) is 0 Å². The highest BCUT2D eigenvalue weighted by Crippen LogP contribution is 2.40. The number of nitriles is 1. The smallest absolute Gasteiger partial charge is 0.240 e. The van der Waals surface area contributed by atoms with Gasteiger partial charge in [0.1, 0.15) is 0 Å². The summed E-state index contributed by atoms with van der Waals surface area (Å²) < 4.78 is 0. The monoisotopic (exact) mass is 320 g/mol. The fourth-order valence-electron chi connectivity index (χ4n) is 2.58. The van der Waals surface area contributed by atoms with E-state index < -0.39 is 0 Å². The Balaban J connectivity index is 1.98. The van der Waals surface area contributed by atoms with E-state index >= 15 is 0 Å². The van der Waals surface area contributed by atoms with Gasteiger partial charge in [-0.05, 0) is 36.2 Å². The summed E-state index contributed by atoms with van der Waals surface area (Å²) >= 11 is 1.55. The van der Waals surface area contributed by atoms with E-state index in [-0.39, 0.29) is 11.2 Å². The van der Waals surface area contributed by atoms with E-state index in [1.165, 1.54) is 0 Å². The van der Waals surface area contributed by atoms with Gasteiger partial charge in [0.05, 0.1) is 29.1 Å². The Bertz CT molecular complexity index is 805. The second-order valence-corrected chi connectivity index (χ2v) is 6.81. The quantitative estimate of drug-likeness (QED) is 0.850. The molecule has 114 valence electrons. The minimum absolute atomic E-state index is 0.0744. The van der Waals surface area contributed by atoms with E-state index in [9.17, 15) is 4.79 Å². The average Bonchev–Trinajstić information content (AvgIpc) is 2.59. The molecular formula is C19H16N2OS. The lowest BCUT2D eigenvalue weighted by Gasteiger charge is -2.32. The molecule has 0 radical (unpaired) electrons. The maximum Gasteiger partial charge on any atom is 0.240 e. The van der Waals surface area contributed by atoms with Crippen LogP contribution >= 0.6 is 11.8 Å². The van der Waals surface area contributed by atoms with Gasteiger partial charge in [0.15, 0.2) is 0 Å². The molecule has 1 amide bonds. The molecule has 1 heterocycles. The predicted octanol–water partition coefficient (Wildman–Crippen LogP) is 4.23. The molecule has 2 aromatic carbocycles. The first kappa shape index (κ1) is 15.4. The number of hydrogen-bond donors (Lipinski definition) is 0. The molecule has 0 spiro atoms. The Labute approximate surface area is 140 Å². The van der Waals surface area contributed by atoms with Gasteiger partial charge in [-0.2, -0.15) is 5.26 Å². The zero-order chi connectivity index (χ0) is 16.4. The van der Waals surface area contributed by atoms with E-state index in [2.05, 4.69) is 12.6 Å². The van der Waals surface area contributed by atoms with Crippen molar-refractivity contribution in [3.63, 3.8) is 0 Å². The Kier molecular flexibility index (Phi) is 4.22. The van der Waals surface area contributed by atoms with Gasteiger partial charge in [0.25, 0.3) is 0 Å². The maximum absolute atomic E-state index is 12.6. The summed E-state index contributed by atoms with van der Waals surface area (Å²) in [5.41, 5.74) is 3.50. The van der Waals surface area contributed by atoms with Gasteiger partial charge in [-0.25, -0.2) is 0 Å². The summed E-state index contributed by atoms with van der Waals surface area (Å²) in [6, 6.07) is 15.6. The van der Waals surface area contributed by atoms with Crippen molar-refractivity contribution < 1.29 is 4.79 Å². The summed E-state index contributed by atoms with van der Waals surface area (Å²) in [5, 5.41) is 9.00. The Morgan fingerprint density at radius 3 is 2.70 bits per heavy atom. The molecule has 1 unspecified atom stereocenters. The van der Waals surface area contributed by atoms with E-state index in [0.717, 1.165) is 21.7 Å². The molecule has 0 aromatic heterocycles. The maximum atomic E-state index is 12.6. The van der Waals surface area contributed by atoms with Crippen LogP contribution in [0.15, 0.2) is 53.9 Å². The third kappa shape index (κ3) is 3.01. The Hall–Kier alpha value is -2.51. The minimum atomic E-state index is -0.122. The predicted molar refractivity (Wildman–Crippen MR) is 94.2 cm³/mol. The molecule has 2 aromatic rings. The van der Waals surface area contributed by atoms with E-state index in [4.69, 9.17) is 5.26 Å². The number of amides is 1. The highest BCUT2D eigenvalue weighted by atomic mass is 32.2. The number of carbonyl (C=O) groups excluding carboxylic acids is 1. The standard InChI is InChI=1S/C19H16N2OS/c1-3-14-4-6-15(7-5-14)12-21-17-10-16(11-20)8-9-18(17)23-13(2)19(21)22/h3-10,13H,1,12H2,2H3. The van der Waals surface area contributed by atoms with Crippen molar-refractivity contribution in [3.8, 4) is 6.07 Å². The summed E-state index contributed by atoms with van der Waals surface area (Å²) in [4.78, 5) is 15.4. The van der Waals surface area contributed by atoms with Gasteiger partial charge in [-0.15, -0.1) is 11.8 Å². The minimum Gasteiger partial charge on any atom is -0.306 e. The molecule has 0 saturated heterocycles. The topological polar surface area (TPSA) is 44.1 Å². The number of fused-ring (bicyclic) bond motifs is 1. The zero-order valence-corrected chi connectivity index (χ0v) is 13.6. The second-order valence-electron chi connectivity index (χ2n) is 5.42.